The van der Waals surface area contributed by atoms with Gasteiger partial charge in [-0.2, -0.15) is 0 Å². The topological polar surface area (TPSA) is 11.4 Å². The smallest absolute Gasteiger partial charge is 0.0542 e. The molecule has 1 aliphatic carbocycles. The van der Waals surface area contributed by atoms with Crippen LogP contribution in [-0.4, -0.2) is 4.57 Å². The van der Waals surface area contributed by atoms with E-state index in [-0.39, 0.29) is 16.2 Å². The van der Waals surface area contributed by atoms with E-state index in [9.17, 15) is 0 Å². The summed E-state index contributed by atoms with van der Waals surface area (Å²) in [6, 6.07) is 87.7. The summed E-state index contributed by atoms with van der Waals surface area (Å²) in [6.07, 6.45) is 0. The average Bonchev–Trinajstić information content (AvgIpc) is 3.74. The second-order valence-corrected chi connectivity index (χ2v) is 21.4. The van der Waals surface area contributed by atoms with Crippen LogP contribution in [0.4, 0.5) is 34.1 Å². The van der Waals surface area contributed by atoms with Gasteiger partial charge in [-0.05, 0) is 164 Å². The Balaban J connectivity index is 1.00. The van der Waals surface area contributed by atoms with Crippen LogP contribution >= 0.6 is 0 Å². The molecular formula is C69H57N3. The Hall–Kier alpha value is -8.40. The molecule has 2 aliphatic rings. The minimum atomic E-state index is -0.219. The van der Waals surface area contributed by atoms with Crippen LogP contribution in [0.25, 0.3) is 60.9 Å². The van der Waals surface area contributed by atoms with E-state index in [0.717, 1.165) is 28.4 Å². The van der Waals surface area contributed by atoms with E-state index in [4.69, 9.17) is 0 Å². The first-order valence-corrected chi connectivity index (χ1v) is 25.4. The molecule has 10 aromatic carbocycles. The lowest BCUT2D eigenvalue weighted by Crippen LogP contribution is -2.43. The summed E-state index contributed by atoms with van der Waals surface area (Å²) in [6.45, 7) is 14.4. The maximum atomic E-state index is 2.47. The standard InChI is InChI=1S/C69H57N3/c1-67(2)60-28-18-19-29-65(60)72(51-24-14-9-15-25-51)66-40-33-49(43-62(66)67)48-32-39-63-57(42-48)58-44-53(37-41-64(58)71(63)50-22-12-8-13-23-50)70(52-34-30-47(31-35-52)46-20-10-7-11-21-46)54-36-38-56-55-26-16-17-27-59(55)68(3,4)69(5,6)61(56)45-54/h7-45H,1-6H3. The van der Waals surface area contributed by atoms with E-state index in [1.165, 1.54) is 88.8 Å². The molecule has 0 bridgehead atoms. The van der Waals surface area contributed by atoms with Crippen LogP contribution in [0.2, 0.25) is 0 Å². The minimum Gasteiger partial charge on any atom is -0.310 e. The zero-order chi connectivity index (χ0) is 48.9. The fourth-order valence-corrected chi connectivity index (χ4v) is 12.2. The second-order valence-electron chi connectivity index (χ2n) is 21.4. The van der Waals surface area contributed by atoms with Crippen LogP contribution in [0.15, 0.2) is 237 Å². The lowest BCUT2D eigenvalue weighted by atomic mass is 9.55. The molecule has 2 heterocycles. The SMILES string of the molecule is CC1(C)c2ccccc2N(c2ccccc2)c2ccc(-c3ccc4c(c3)c3cc(N(c5ccc(-c6ccccc6)cc5)c5ccc6c(c5)C(C)(C)C(C)(C)c5ccccc5-6)ccc3n4-c3ccccc3)cc21. The highest BCUT2D eigenvalue weighted by molar-refractivity contribution is 6.12. The van der Waals surface area contributed by atoms with Crippen LogP contribution in [-0.2, 0) is 16.2 Å². The molecule has 72 heavy (non-hydrogen) atoms. The van der Waals surface area contributed by atoms with Gasteiger partial charge in [-0.25, -0.2) is 0 Å². The van der Waals surface area contributed by atoms with Crippen LogP contribution in [0, 0.1) is 0 Å². The Morgan fingerprint density at radius 1 is 0.319 bits per heavy atom. The van der Waals surface area contributed by atoms with Gasteiger partial charge in [-0.15, -0.1) is 0 Å². The van der Waals surface area contributed by atoms with Crippen molar-refractivity contribution in [3.63, 3.8) is 0 Å². The number of rotatable bonds is 7. The first-order chi connectivity index (χ1) is 35.0. The average molecular weight is 928 g/mol. The third kappa shape index (κ3) is 6.64. The summed E-state index contributed by atoms with van der Waals surface area (Å²) in [5.74, 6) is 0. The van der Waals surface area contributed by atoms with Crippen molar-refractivity contribution in [3.05, 3.63) is 259 Å². The van der Waals surface area contributed by atoms with Gasteiger partial charge in [0.15, 0.2) is 0 Å². The highest BCUT2D eigenvalue weighted by Gasteiger charge is 2.46. The van der Waals surface area contributed by atoms with Crippen molar-refractivity contribution in [1.29, 1.82) is 0 Å². The normalized spacial score (nSPS) is 14.8. The molecule has 0 saturated heterocycles. The maximum Gasteiger partial charge on any atom is 0.0542 e. The second kappa shape index (κ2) is 16.3. The third-order valence-corrected chi connectivity index (χ3v) is 16.7. The molecule has 348 valence electrons. The largest absolute Gasteiger partial charge is 0.310 e. The highest BCUT2D eigenvalue weighted by atomic mass is 15.2. The Labute approximate surface area is 423 Å². The molecule has 3 heteroatoms. The third-order valence-electron chi connectivity index (χ3n) is 16.7. The first kappa shape index (κ1) is 43.6. The summed E-state index contributed by atoms with van der Waals surface area (Å²) in [5.41, 5.74) is 22.8. The maximum absolute atomic E-state index is 2.47. The molecule has 0 fully saturated rings. The number of anilines is 6. The molecule has 0 amide bonds. The Morgan fingerprint density at radius 2 is 0.806 bits per heavy atom. The van der Waals surface area contributed by atoms with Gasteiger partial charge in [0.05, 0.1) is 22.4 Å². The summed E-state index contributed by atoms with van der Waals surface area (Å²) >= 11 is 0. The van der Waals surface area contributed by atoms with Crippen molar-refractivity contribution in [1.82, 2.24) is 4.57 Å². The van der Waals surface area contributed by atoms with Crippen molar-refractivity contribution in [2.24, 2.45) is 0 Å². The molecular weight excluding hydrogens is 871 g/mol. The van der Waals surface area contributed by atoms with Crippen molar-refractivity contribution in [2.75, 3.05) is 9.80 Å². The molecule has 1 aliphatic heterocycles. The highest BCUT2D eigenvalue weighted by Crippen LogP contribution is 2.56. The van der Waals surface area contributed by atoms with Gasteiger partial charge >= 0.3 is 0 Å². The minimum absolute atomic E-state index is 0.0904. The summed E-state index contributed by atoms with van der Waals surface area (Å²) < 4.78 is 2.43. The van der Waals surface area contributed by atoms with E-state index in [2.05, 4.69) is 292 Å². The van der Waals surface area contributed by atoms with Gasteiger partial charge in [0.1, 0.15) is 0 Å². The Bertz CT molecular complexity index is 3880. The van der Waals surface area contributed by atoms with Crippen molar-refractivity contribution in [2.45, 2.75) is 57.8 Å². The Morgan fingerprint density at radius 3 is 1.54 bits per heavy atom. The number of para-hydroxylation sites is 3. The van der Waals surface area contributed by atoms with Crippen LogP contribution in [0.1, 0.15) is 63.8 Å². The van der Waals surface area contributed by atoms with E-state index < -0.39 is 0 Å². The number of hydrogen-bond acceptors (Lipinski definition) is 2. The van der Waals surface area contributed by atoms with Crippen molar-refractivity contribution in [3.8, 4) is 39.1 Å². The predicted octanol–water partition coefficient (Wildman–Crippen LogP) is 18.9. The van der Waals surface area contributed by atoms with Gasteiger partial charge in [0.25, 0.3) is 0 Å². The van der Waals surface area contributed by atoms with Gasteiger partial charge in [0, 0.05) is 44.6 Å². The van der Waals surface area contributed by atoms with Gasteiger partial charge in [0.2, 0.25) is 0 Å². The molecule has 3 nitrogen and oxygen atoms in total. The number of nitrogens with zero attached hydrogens (tertiary/aromatic N) is 3. The molecule has 11 aromatic rings. The predicted molar refractivity (Wildman–Crippen MR) is 305 cm³/mol. The van der Waals surface area contributed by atoms with Gasteiger partial charge < -0.3 is 14.4 Å². The quantitative estimate of drug-likeness (QED) is 0.158. The molecule has 13 rings (SSSR count). The van der Waals surface area contributed by atoms with E-state index in [0.29, 0.717) is 0 Å². The van der Waals surface area contributed by atoms with Crippen LogP contribution < -0.4 is 9.80 Å². The Kier molecular flexibility index (Phi) is 9.89. The van der Waals surface area contributed by atoms with E-state index >= 15 is 0 Å². The van der Waals surface area contributed by atoms with Gasteiger partial charge in [-0.1, -0.05) is 181 Å². The zero-order valence-corrected chi connectivity index (χ0v) is 41.9. The first-order valence-electron chi connectivity index (χ1n) is 25.4. The van der Waals surface area contributed by atoms with Crippen molar-refractivity contribution < 1.29 is 0 Å². The summed E-state index contributed by atoms with van der Waals surface area (Å²) in [5, 5.41) is 2.42. The number of hydrogen-bond donors (Lipinski definition) is 0. The zero-order valence-electron chi connectivity index (χ0n) is 41.9. The van der Waals surface area contributed by atoms with Crippen LogP contribution in [0.5, 0.6) is 0 Å². The molecule has 0 N–H and O–H groups in total. The fraction of sp³-hybridized carbons (Fsp3) is 0.130. The molecule has 1 aromatic heterocycles. The number of aromatic nitrogens is 1. The van der Waals surface area contributed by atoms with Gasteiger partial charge in [-0.3, -0.25) is 0 Å². The lowest BCUT2D eigenvalue weighted by molar-refractivity contribution is 0.299. The molecule has 0 atom stereocenters. The fourth-order valence-electron chi connectivity index (χ4n) is 12.2. The molecule has 0 unspecified atom stereocenters. The molecule has 0 spiro atoms. The van der Waals surface area contributed by atoms with Crippen LogP contribution in [0.3, 0.4) is 0 Å². The summed E-state index contributed by atoms with van der Waals surface area (Å²) in [7, 11) is 0. The lowest BCUT2D eigenvalue weighted by Gasteiger charge is -2.48. The van der Waals surface area contributed by atoms with E-state index in [1.54, 1.807) is 0 Å². The summed E-state index contributed by atoms with van der Waals surface area (Å²) in [4.78, 5) is 4.90. The monoisotopic (exact) mass is 927 g/mol. The number of benzene rings is 10. The van der Waals surface area contributed by atoms with E-state index in [1.807, 2.05) is 0 Å². The molecule has 0 saturated carbocycles. The number of fused-ring (bicyclic) bond motifs is 8. The van der Waals surface area contributed by atoms with Crippen molar-refractivity contribution >= 4 is 55.9 Å². The molecule has 0 radical (unpaired) electrons.